The van der Waals surface area contributed by atoms with Crippen LogP contribution in [0.25, 0.3) is 0 Å². The molecule has 3 rings (SSSR count). The summed E-state index contributed by atoms with van der Waals surface area (Å²) in [5.74, 6) is 1.67. The lowest BCUT2D eigenvalue weighted by Crippen LogP contribution is -2.41. The first-order chi connectivity index (χ1) is 12.2. The molecule has 1 fully saturated rings. The summed E-state index contributed by atoms with van der Waals surface area (Å²) < 4.78 is 11.2. The predicted octanol–water partition coefficient (Wildman–Crippen LogP) is 3.66. The summed E-state index contributed by atoms with van der Waals surface area (Å²) in [6, 6.07) is 7.73. The van der Waals surface area contributed by atoms with Gasteiger partial charge >= 0.3 is 0 Å². The number of ether oxygens (including phenoxy) is 1. The van der Waals surface area contributed by atoms with Crippen molar-refractivity contribution in [3.63, 3.8) is 0 Å². The number of piperidine rings is 1. The summed E-state index contributed by atoms with van der Waals surface area (Å²) in [5, 5.41) is 0.728. The second-order valence-electron chi connectivity index (χ2n) is 6.25. The molecule has 0 unspecified atom stereocenters. The number of aromatic nitrogens is 1. The van der Waals surface area contributed by atoms with Crippen LogP contribution >= 0.6 is 11.6 Å². The lowest BCUT2D eigenvalue weighted by atomic mass is 9.98. The number of oxazole rings is 1. The lowest BCUT2D eigenvalue weighted by Gasteiger charge is -2.31. The maximum Gasteiger partial charge on any atom is 0.248 e. The molecule has 25 heavy (non-hydrogen) atoms. The van der Waals surface area contributed by atoms with Crippen molar-refractivity contribution in [2.24, 2.45) is 0 Å². The fourth-order valence-electron chi connectivity index (χ4n) is 3.11. The van der Waals surface area contributed by atoms with Gasteiger partial charge in [-0.05, 0) is 31.4 Å². The SMILES string of the molecule is CCOCC(=O)N1CCC[C@H](c2ncc(Cc3ccccc3Cl)o2)C1. The lowest BCUT2D eigenvalue weighted by molar-refractivity contribution is -0.137. The Labute approximate surface area is 152 Å². The Morgan fingerprint density at radius 1 is 1.44 bits per heavy atom. The van der Waals surface area contributed by atoms with E-state index >= 15 is 0 Å². The van der Waals surface area contributed by atoms with Crippen LogP contribution in [0, 0.1) is 0 Å². The normalized spacial score (nSPS) is 17.7. The molecule has 0 N–H and O–H groups in total. The van der Waals surface area contributed by atoms with Gasteiger partial charge in [0.05, 0.1) is 12.1 Å². The number of benzene rings is 1. The molecule has 134 valence electrons. The summed E-state index contributed by atoms with van der Waals surface area (Å²) in [5.41, 5.74) is 1.02. The number of halogens is 1. The average molecular weight is 363 g/mol. The molecule has 0 radical (unpaired) electrons. The molecule has 1 atom stereocenters. The summed E-state index contributed by atoms with van der Waals surface area (Å²) in [7, 11) is 0. The van der Waals surface area contributed by atoms with Gasteiger partial charge in [0, 0.05) is 31.1 Å². The molecule has 1 amide bonds. The summed E-state index contributed by atoms with van der Waals surface area (Å²) in [6.07, 6.45) is 4.31. The number of likely N-dealkylation sites (tertiary alicyclic amines) is 1. The Morgan fingerprint density at radius 2 is 2.28 bits per heavy atom. The van der Waals surface area contributed by atoms with Crippen molar-refractivity contribution >= 4 is 17.5 Å². The molecule has 0 bridgehead atoms. The van der Waals surface area contributed by atoms with E-state index in [0.717, 1.165) is 35.7 Å². The van der Waals surface area contributed by atoms with Gasteiger partial charge in [-0.2, -0.15) is 0 Å². The van der Waals surface area contributed by atoms with Crippen molar-refractivity contribution in [2.75, 3.05) is 26.3 Å². The first-order valence-corrected chi connectivity index (χ1v) is 9.08. The Bertz CT molecular complexity index is 716. The molecule has 0 spiro atoms. The van der Waals surface area contributed by atoms with Crippen LogP contribution in [0.5, 0.6) is 0 Å². The number of nitrogens with zero attached hydrogens (tertiary/aromatic N) is 2. The van der Waals surface area contributed by atoms with E-state index in [2.05, 4.69) is 4.98 Å². The monoisotopic (exact) mass is 362 g/mol. The van der Waals surface area contributed by atoms with Crippen LogP contribution in [0.15, 0.2) is 34.9 Å². The minimum Gasteiger partial charge on any atom is -0.445 e. The highest BCUT2D eigenvalue weighted by Gasteiger charge is 2.27. The van der Waals surface area contributed by atoms with Crippen LogP contribution in [-0.4, -0.2) is 42.1 Å². The zero-order chi connectivity index (χ0) is 17.6. The van der Waals surface area contributed by atoms with Crippen molar-refractivity contribution in [3.8, 4) is 0 Å². The average Bonchev–Trinajstić information content (AvgIpc) is 3.10. The van der Waals surface area contributed by atoms with E-state index < -0.39 is 0 Å². The topological polar surface area (TPSA) is 55.6 Å². The second kappa shape index (κ2) is 8.50. The van der Waals surface area contributed by atoms with Crippen molar-refractivity contribution in [2.45, 2.75) is 32.1 Å². The summed E-state index contributed by atoms with van der Waals surface area (Å²) in [4.78, 5) is 18.4. The molecule has 1 aliphatic rings. The van der Waals surface area contributed by atoms with Crippen molar-refractivity contribution in [3.05, 3.63) is 52.7 Å². The van der Waals surface area contributed by atoms with E-state index in [1.807, 2.05) is 36.1 Å². The number of hydrogen-bond acceptors (Lipinski definition) is 4. The Kier molecular flexibility index (Phi) is 6.10. The van der Waals surface area contributed by atoms with E-state index in [9.17, 15) is 4.79 Å². The molecule has 2 aromatic rings. The molecule has 0 saturated carbocycles. The minimum atomic E-state index is 0.0365. The van der Waals surface area contributed by atoms with Gasteiger partial charge in [-0.25, -0.2) is 4.98 Å². The highest BCUT2D eigenvalue weighted by atomic mass is 35.5. The van der Waals surface area contributed by atoms with E-state index in [0.29, 0.717) is 25.5 Å². The van der Waals surface area contributed by atoms with Crippen LogP contribution < -0.4 is 0 Å². The molecular weight excluding hydrogens is 340 g/mol. The largest absolute Gasteiger partial charge is 0.445 e. The highest BCUT2D eigenvalue weighted by molar-refractivity contribution is 6.31. The number of carbonyl (C=O) groups excluding carboxylic acids is 1. The maximum absolute atomic E-state index is 12.2. The van der Waals surface area contributed by atoms with Crippen molar-refractivity contribution in [1.82, 2.24) is 9.88 Å². The second-order valence-corrected chi connectivity index (χ2v) is 6.66. The molecule has 1 aromatic carbocycles. The third-order valence-electron chi connectivity index (χ3n) is 4.45. The number of carbonyl (C=O) groups is 1. The molecule has 5 nitrogen and oxygen atoms in total. The molecule has 0 aliphatic carbocycles. The van der Waals surface area contributed by atoms with Crippen LogP contribution in [0.1, 0.15) is 42.9 Å². The van der Waals surface area contributed by atoms with Crippen LogP contribution in [0.4, 0.5) is 0 Å². The van der Waals surface area contributed by atoms with Gasteiger partial charge in [0.15, 0.2) is 5.89 Å². The number of rotatable bonds is 6. The van der Waals surface area contributed by atoms with Crippen LogP contribution in [-0.2, 0) is 16.0 Å². The first kappa shape index (κ1) is 18.0. The Morgan fingerprint density at radius 3 is 3.08 bits per heavy atom. The van der Waals surface area contributed by atoms with Gasteiger partial charge in [-0.15, -0.1) is 0 Å². The van der Waals surface area contributed by atoms with Gasteiger partial charge in [0.2, 0.25) is 5.91 Å². The van der Waals surface area contributed by atoms with Gasteiger partial charge in [-0.1, -0.05) is 29.8 Å². The molecule has 2 heterocycles. The van der Waals surface area contributed by atoms with E-state index in [1.54, 1.807) is 6.20 Å². The number of amides is 1. The highest BCUT2D eigenvalue weighted by Crippen LogP contribution is 2.28. The standard InChI is InChI=1S/C19H23ClN2O3/c1-2-24-13-18(23)22-9-5-7-15(12-22)19-21-11-16(25-19)10-14-6-3-4-8-17(14)20/h3-4,6,8,11,15H,2,5,7,9-10,12-13H2,1H3/t15-/m0/s1. The third-order valence-corrected chi connectivity index (χ3v) is 4.82. The summed E-state index contributed by atoms with van der Waals surface area (Å²) in [6.45, 7) is 3.99. The maximum atomic E-state index is 12.2. The summed E-state index contributed by atoms with van der Waals surface area (Å²) >= 11 is 6.21. The fourth-order valence-corrected chi connectivity index (χ4v) is 3.31. The zero-order valence-electron chi connectivity index (χ0n) is 14.4. The van der Waals surface area contributed by atoms with Crippen molar-refractivity contribution < 1.29 is 13.9 Å². The minimum absolute atomic E-state index is 0.0365. The predicted molar refractivity (Wildman–Crippen MR) is 95.8 cm³/mol. The quantitative estimate of drug-likeness (QED) is 0.786. The van der Waals surface area contributed by atoms with Crippen LogP contribution in [0.2, 0.25) is 5.02 Å². The smallest absolute Gasteiger partial charge is 0.248 e. The molecule has 1 aliphatic heterocycles. The van der Waals surface area contributed by atoms with Gasteiger partial charge in [0.25, 0.3) is 0 Å². The van der Waals surface area contributed by atoms with E-state index in [1.165, 1.54) is 0 Å². The third kappa shape index (κ3) is 4.61. The van der Waals surface area contributed by atoms with Gasteiger partial charge in [0.1, 0.15) is 12.4 Å². The molecule has 1 saturated heterocycles. The van der Waals surface area contributed by atoms with E-state index in [4.69, 9.17) is 20.8 Å². The fraction of sp³-hybridized carbons (Fsp3) is 0.474. The van der Waals surface area contributed by atoms with Crippen molar-refractivity contribution in [1.29, 1.82) is 0 Å². The Hall–Kier alpha value is -1.85. The van der Waals surface area contributed by atoms with E-state index in [-0.39, 0.29) is 18.4 Å². The zero-order valence-corrected chi connectivity index (χ0v) is 15.2. The molecule has 6 heteroatoms. The Balaban J connectivity index is 1.63. The number of hydrogen-bond donors (Lipinski definition) is 0. The molecule has 1 aromatic heterocycles. The first-order valence-electron chi connectivity index (χ1n) is 8.71. The van der Waals surface area contributed by atoms with Gasteiger partial charge < -0.3 is 14.1 Å². The van der Waals surface area contributed by atoms with Gasteiger partial charge in [-0.3, -0.25) is 4.79 Å². The molecular formula is C19H23ClN2O3. The van der Waals surface area contributed by atoms with Crippen LogP contribution in [0.3, 0.4) is 0 Å².